The molecule has 1 aliphatic rings. The van der Waals surface area contributed by atoms with E-state index in [4.69, 9.17) is 4.74 Å². The quantitative estimate of drug-likeness (QED) is 0.447. The van der Waals surface area contributed by atoms with Crippen LogP contribution in [0.3, 0.4) is 0 Å². The Morgan fingerprint density at radius 2 is 2.00 bits per heavy atom. The van der Waals surface area contributed by atoms with Crippen LogP contribution < -0.4 is 20.7 Å². The van der Waals surface area contributed by atoms with Gasteiger partial charge in [-0.15, -0.1) is 11.3 Å². The monoisotopic (exact) mass is 400 g/mol. The fraction of sp³-hybridized carbons (Fsp3) is 0.429. The van der Waals surface area contributed by atoms with Gasteiger partial charge in [0.05, 0.1) is 6.54 Å². The number of aliphatic imine (C=N–C) groups is 1. The molecule has 0 aliphatic heterocycles. The van der Waals surface area contributed by atoms with Crippen molar-refractivity contribution in [3.63, 3.8) is 0 Å². The second-order valence-corrected chi connectivity index (χ2v) is 7.90. The number of guanidine groups is 1. The summed E-state index contributed by atoms with van der Waals surface area (Å²) in [6, 6.07) is 10.4. The van der Waals surface area contributed by atoms with Crippen molar-refractivity contribution in [1.82, 2.24) is 16.0 Å². The zero-order chi connectivity index (χ0) is 19.8. The molecule has 0 radical (unpaired) electrons. The Labute approximate surface area is 170 Å². The average Bonchev–Trinajstić information content (AvgIpc) is 3.42. The molecular weight excluding hydrogens is 372 g/mol. The van der Waals surface area contributed by atoms with Crippen molar-refractivity contribution in [3.05, 3.63) is 51.7 Å². The fourth-order valence-electron chi connectivity index (χ4n) is 2.69. The molecule has 1 heterocycles. The Morgan fingerprint density at radius 1 is 1.21 bits per heavy atom. The number of carbonyl (C=O) groups is 1. The maximum Gasteiger partial charge on any atom is 0.258 e. The molecule has 1 aromatic carbocycles. The van der Waals surface area contributed by atoms with Gasteiger partial charge < -0.3 is 20.7 Å². The lowest BCUT2D eigenvalue weighted by Gasteiger charge is -2.12. The molecule has 7 heteroatoms. The third-order valence-electron chi connectivity index (χ3n) is 4.55. The summed E-state index contributed by atoms with van der Waals surface area (Å²) in [7, 11) is 1.78. The summed E-state index contributed by atoms with van der Waals surface area (Å²) in [5, 5.41) is 11.7. The van der Waals surface area contributed by atoms with E-state index in [0.717, 1.165) is 38.3 Å². The minimum absolute atomic E-state index is 0.0487. The highest BCUT2D eigenvalue weighted by atomic mass is 32.1. The van der Waals surface area contributed by atoms with Crippen LogP contribution >= 0.6 is 11.3 Å². The third-order valence-corrected chi connectivity index (χ3v) is 5.57. The molecule has 0 saturated heterocycles. The van der Waals surface area contributed by atoms with Crippen LogP contribution in [-0.4, -0.2) is 38.1 Å². The molecule has 28 heavy (non-hydrogen) atoms. The lowest BCUT2D eigenvalue weighted by Crippen LogP contribution is -2.37. The summed E-state index contributed by atoms with van der Waals surface area (Å²) in [6.07, 6.45) is 3.05. The number of amides is 1. The first-order valence-electron chi connectivity index (χ1n) is 9.62. The van der Waals surface area contributed by atoms with E-state index in [1.165, 1.54) is 16.0 Å². The standard InChI is InChI=1S/C21H28N4O2S/c1-15-10-12-28-19(15)13-24-21(22-2)23-11-9-16-3-7-18(8-4-16)27-14-20(26)25-17-5-6-17/h3-4,7-8,10,12,17H,5-6,9,11,13-14H2,1-2H3,(H,25,26)(H2,22,23,24). The number of aryl methyl sites for hydroxylation is 1. The van der Waals surface area contributed by atoms with E-state index in [1.54, 1.807) is 18.4 Å². The SMILES string of the molecule is CN=C(NCCc1ccc(OCC(=O)NC2CC2)cc1)NCc1sccc1C. The van der Waals surface area contributed by atoms with Crippen molar-refractivity contribution < 1.29 is 9.53 Å². The molecule has 0 bridgehead atoms. The smallest absolute Gasteiger partial charge is 0.258 e. The Bertz CT molecular complexity index is 797. The number of nitrogens with one attached hydrogen (secondary N) is 3. The van der Waals surface area contributed by atoms with Crippen molar-refractivity contribution in [1.29, 1.82) is 0 Å². The normalized spacial score (nSPS) is 13.9. The van der Waals surface area contributed by atoms with Crippen molar-refractivity contribution in [2.75, 3.05) is 20.2 Å². The highest BCUT2D eigenvalue weighted by Crippen LogP contribution is 2.18. The Morgan fingerprint density at radius 3 is 2.64 bits per heavy atom. The molecule has 1 aromatic heterocycles. The number of carbonyl (C=O) groups excluding carboxylic acids is 1. The average molecular weight is 401 g/mol. The van der Waals surface area contributed by atoms with E-state index < -0.39 is 0 Å². The topological polar surface area (TPSA) is 74.8 Å². The Kier molecular flexibility index (Phi) is 7.31. The van der Waals surface area contributed by atoms with Crippen LogP contribution in [0.25, 0.3) is 0 Å². The summed E-state index contributed by atoms with van der Waals surface area (Å²) >= 11 is 1.75. The summed E-state index contributed by atoms with van der Waals surface area (Å²) < 4.78 is 5.53. The van der Waals surface area contributed by atoms with Gasteiger partial charge in [-0.1, -0.05) is 12.1 Å². The maximum atomic E-state index is 11.7. The van der Waals surface area contributed by atoms with Crippen LogP contribution in [0.4, 0.5) is 0 Å². The second kappa shape index (κ2) is 10.1. The predicted molar refractivity (Wildman–Crippen MR) is 114 cm³/mol. The first kappa shape index (κ1) is 20.2. The number of thiophene rings is 1. The molecule has 3 N–H and O–H groups in total. The molecule has 1 amide bonds. The van der Waals surface area contributed by atoms with E-state index in [9.17, 15) is 4.79 Å². The Hall–Kier alpha value is -2.54. The van der Waals surface area contributed by atoms with Gasteiger partial charge in [-0.05, 0) is 60.9 Å². The number of rotatable bonds is 9. The molecule has 0 atom stereocenters. The van der Waals surface area contributed by atoms with Crippen molar-refractivity contribution in [3.8, 4) is 5.75 Å². The van der Waals surface area contributed by atoms with Gasteiger partial charge in [0.15, 0.2) is 12.6 Å². The Balaban J connectivity index is 1.35. The minimum atomic E-state index is -0.0487. The van der Waals surface area contributed by atoms with Gasteiger partial charge in [-0.3, -0.25) is 9.79 Å². The van der Waals surface area contributed by atoms with E-state index in [1.807, 2.05) is 24.3 Å². The van der Waals surface area contributed by atoms with E-state index >= 15 is 0 Å². The van der Waals surface area contributed by atoms with Gasteiger partial charge >= 0.3 is 0 Å². The highest BCUT2D eigenvalue weighted by molar-refractivity contribution is 7.10. The van der Waals surface area contributed by atoms with Gasteiger partial charge in [-0.25, -0.2) is 0 Å². The zero-order valence-electron chi connectivity index (χ0n) is 16.5. The first-order chi connectivity index (χ1) is 13.6. The van der Waals surface area contributed by atoms with Crippen LogP contribution in [0.1, 0.15) is 28.8 Å². The summed E-state index contributed by atoms with van der Waals surface area (Å²) in [5.74, 6) is 1.47. The number of benzene rings is 1. The maximum absolute atomic E-state index is 11.7. The van der Waals surface area contributed by atoms with Gasteiger partial charge in [0.1, 0.15) is 5.75 Å². The summed E-state index contributed by atoms with van der Waals surface area (Å²) in [6.45, 7) is 3.76. The van der Waals surface area contributed by atoms with Crippen LogP contribution in [0, 0.1) is 6.92 Å². The summed E-state index contributed by atoms with van der Waals surface area (Å²) in [5.41, 5.74) is 2.51. The highest BCUT2D eigenvalue weighted by Gasteiger charge is 2.23. The van der Waals surface area contributed by atoms with Crippen LogP contribution in [0.15, 0.2) is 40.7 Å². The molecule has 150 valence electrons. The molecular formula is C21H28N4O2S. The zero-order valence-corrected chi connectivity index (χ0v) is 17.3. The van der Waals surface area contributed by atoms with Gasteiger partial charge in [0.2, 0.25) is 0 Å². The molecule has 2 aromatic rings. The predicted octanol–water partition coefficient (Wildman–Crippen LogP) is 2.62. The van der Waals surface area contributed by atoms with E-state index in [2.05, 4.69) is 39.3 Å². The first-order valence-corrected chi connectivity index (χ1v) is 10.5. The van der Waals surface area contributed by atoms with Crippen LogP contribution in [0.2, 0.25) is 0 Å². The number of hydrogen-bond acceptors (Lipinski definition) is 4. The van der Waals surface area contributed by atoms with E-state index in [-0.39, 0.29) is 12.5 Å². The molecule has 1 saturated carbocycles. The van der Waals surface area contributed by atoms with Gasteiger partial charge in [-0.2, -0.15) is 0 Å². The fourth-order valence-corrected chi connectivity index (χ4v) is 3.54. The van der Waals surface area contributed by atoms with Crippen molar-refractivity contribution in [2.24, 2.45) is 4.99 Å². The minimum Gasteiger partial charge on any atom is -0.484 e. The number of hydrogen-bond donors (Lipinski definition) is 3. The number of ether oxygens (including phenoxy) is 1. The largest absolute Gasteiger partial charge is 0.484 e. The molecule has 0 spiro atoms. The van der Waals surface area contributed by atoms with Crippen molar-refractivity contribution in [2.45, 2.75) is 38.8 Å². The lowest BCUT2D eigenvalue weighted by molar-refractivity contribution is -0.123. The second-order valence-electron chi connectivity index (χ2n) is 6.90. The van der Waals surface area contributed by atoms with Gasteiger partial charge in [0.25, 0.3) is 5.91 Å². The summed E-state index contributed by atoms with van der Waals surface area (Å²) in [4.78, 5) is 17.2. The third kappa shape index (κ3) is 6.56. The van der Waals surface area contributed by atoms with Crippen LogP contribution in [0.5, 0.6) is 5.75 Å². The van der Waals surface area contributed by atoms with Crippen molar-refractivity contribution >= 4 is 23.2 Å². The lowest BCUT2D eigenvalue weighted by atomic mass is 10.1. The molecule has 6 nitrogen and oxygen atoms in total. The molecule has 1 aliphatic carbocycles. The molecule has 0 unspecified atom stereocenters. The molecule has 3 rings (SSSR count). The van der Waals surface area contributed by atoms with Crippen LogP contribution in [-0.2, 0) is 17.8 Å². The van der Waals surface area contributed by atoms with E-state index in [0.29, 0.717) is 11.8 Å². The number of nitrogens with zero attached hydrogens (tertiary/aromatic N) is 1. The molecule has 1 fully saturated rings. The van der Waals surface area contributed by atoms with Gasteiger partial charge in [0, 0.05) is 24.5 Å².